The average Bonchev–Trinajstić information content (AvgIpc) is 3.05. The fraction of sp³-hybridized carbons (Fsp3) is 0.368. The molecule has 2 aliphatic heterocycles. The molecule has 2 aliphatic rings. The van der Waals surface area contributed by atoms with Gasteiger partial charge >= 0.3 is 6.03 Å². The third-order valence-corrected chi connectivity index (χ3v) is 6.54. The van der Waals surface area contributed by atoms with Gasteiger partial charge in [-0.3, -0.25) is 15.0 Å². The van der Waals surface area contributed by atoms with Gasteiger partial charge in [-0.05, 0) is 50.9 Å². The van der Waals surface area contributed by atoms with Crippen LogP contribution in [0.2, 0.25) is 0 Å². The zero-order chi connectivity index (χ0) is 18.4. The molecule has 7 heteroatoms. The van der Waals surface area contributed by atoms with Gasteiger partial charge in [-0.25, -0.2) is 4.79 Å². The van der Waals surface area contributed by atoms with Crippen LogP contribution in [0.15, 0.2) is 24.3 Å². The molecule has 0 radical (unpaired) electrons. The van der Waals surface area contributed by atoms with Crippen molar-refractivity contribution in [2.75, 3.05) is 17.7 Å². The summed E-state index contributed by atoms with van der Waals surface area (Å²) in [4.78, 5) is 28.1. The molecule has 4 rings (SSSR count). The number of amides is 3. The van der Waals surface area contributed by atoms with Gasteiger partial charge in [-0.2, -0.15) is 0 Å². The smallest absolute Gasteiger partial charge is 0.324 e. The van der Waals surface area contributed by atoms with E-state index in [0.29, 0.717) is 22.3 Å². The van der Waals surface area contributed by atoms with Gasteiger partial charge in [0.15, 0.2) is 0 Å². The van der Waals surface area contributed by atoms with E-state index in [2.05, 4.69) is 22.6 Å². The summed E-state index contributed by atoms with van der Waals surface area (Å²) in [5, 5.41) is 6.19. The summed E-state index contributed by atoms with van der Waals surface area (Å²) in [5.41, 5.74) is 9.00. The Labute approximate surface area is 156 Å². The Bertz CT molecular complexity index is 874. The summed E-state index contributed by atoms with van der Waals surface area (Å²) in [6, 6.07) is 7.92. The fourth-order valence-electron chi connectivity index (χ4n) is 4.05. The van der Waals surface area contributed by atoms with Crippen molar-refractivity contribution in [3.05, 3.63) is 45.8 Å². The molecule has 1 aromatic carbocycles. The van der Waals surface area contributed by atoms with Gasteiger partial charge in [-0.1, -0.05) is 17.7 Å². The Hall–Kier alpha value is -2.38. The van der Waals surface area contributed by atoms with E-state index in [1.54, 1.807) is 0 Å². The molecule has 2 atom stereocenters. The predicted molar refractivity (Wildman–Crippen MR) is 104 cm³/mol. The maximum Gasteiger partial charge on any atom is 0.324 e. The van der Waals surface area contributed by atoms with Gasteiger partial charge < -0.3 is 11.1 Å². The molecule has 0 saturated carbocycles. The molecule has 1 aromatic heterocycles. The topological polar surface area (TPSA) is 87.5 Å². The zero-order valence-electron chi connectivity index (χ0n) is 14.8. The number of urea groups is 1. The van der Waals surface area contributed by atoms with Gasteiger partial charge in [0.25, 0.3) is 5.91 Å². The SMILES string of the molecule is Cc1ccc(NC(=O)Nc2sc3c(c2C(N)=O)C2CCC(C3)N2C)cc1. The van der Waals surface area contributed by atoms with E-state index >= 15 is 0 Å². The number of primary amides is 1. The standard InChI is InChI=1S/C19H22N4O2S/c1-10-3-5-11(6-4-10)21-19(25)22-18-16(17(20)24)15-13-8-7-12(23(13)2)9-14(15)26-18/h3-6,12-13H,7-9H2,1-2H3,(H2,20,24)(H2,21,22,25). The van der Waals surface area contributed by atoms with Crippen molar-refractivity contribution in [1.29, 1.82) is 0 Å². The monoisotopic (exact) mass is 370 g/mol. The van der Waals surface area contributed by atoms with E-state index in [9.17, 15) is 9.59 Å². The normalized spacial score (nSPS) is 21.3. The summed E-state index contributed by atoms with van der Waals surface area (Å²) >= 11 is 1.48. The second-order valence-electron chi connectivity index (χ2n) is 7.07. The summed E-state index contributed by atoms with van der Waals surface area (Å²) < 4.78 is 0. The molecule has 0 aliphatic carbocycles. The lowest BCUT2D eigenvalue weighted by atomic mass is 9.97. The van der Waals surface area contributed by atoms with Gasteiger partial charge in [0.1, 0.15) is 5.00 Å². The molecule has 2 aromatic rings. The molecule has 0 spiro atoms. The number of benzene rings is 1. The first-order chi connectivity index (χ1) is 12.4. The van der Waals surface area contributed by atoms with Crippen LogP contribution in [0.3, 0.4) is 0 Å². The molecule has 4 N–H and O–H groups in total. The zero-order valence-corrected chi connectivity index (χ0v) is 15.7. The van der Waals surface area contributed by atoms with Crippen LogP contribution in [0.5, 0.6) is 0 Å². The van der Waals surface area contributed by atoms with Crippen molar-refractivity contribution >= 4 is 34.0 Å². The number of hydrogen-bond donors (Lipinski definition) is 3. The third kappa shape index (κ3) is 2.87. The van der Waals surface area contributed by atoms with Gasteiger partial charge in [0.2, 0.25) is 0 Å². The minimum Gasteiger partial charge on any atom is -0.365 e. The number of nitrogens with two attached hydrogens (primary N) is 1. The number of hydrogen-bond acceptors (Lipinski definition) is 4. The molecular formula is C19H22N4O2S. The van der Waals surface area contributed by atoms with Crippen molar-refractivity contribution in [3.8, 4) is 0 Å². The highest BCUT2D eigenvalue weighted by molar-refractivity contribution is 7.17. The minimum absolute atomic E-state index is 0.221. The van der Waals surface area contributed by atoms with Crippen molar-refractivity contribution in [2.24, 2.45) is 5.73 Å². The number of thiophene rings is 1. The summed E-state index contributed by atoms with van der Waals surface area (Å²) in [6.07, 6.45) is 3.08. The highest BCUT2D eigenvalue weighted by Gasteiger charge is 2.42. The Morgan fingerprint density at radius 1 is 1.19 bits per heavy atom. The Balaban J connectivity index is 1.60. The number of nitrogens with one attached hydrogen (secondary N) is 2. The lowest BCUT2D eigenvalue weighted by Gasteiger charge is -2.31. The van der Waals surface area contributed by atoms with Gasteiger partial charge in [0, 0.05) is 22.6 Å². The third-order valence-electron chi connectivity index (χ3n) is 5.40. The highest BCUT2D eigenvalue weighted by atomic mass is 32.1. The molecule has 136 valence electrons. The first-order valence-corrected chi connectivity index (χ1v) is 9.57. The number of nitrogens with zero attached hydrogens (tertiary/aromatic N) is 1. The fourth-order valence-corrected chi connectivity index (χ4v) is 5.38. The van der Waals surface area contributed by atoms with Crippen LogP contribution in [0.4, 0.5) is 15.5 Å². The lowest BCUT2D eigenvalue weighted by Crippen LogP contribution is -2.34. The molecule has 1 saturated heterocycles. The largest absolute Gasteiger partial charge is 0.365 e. The summed E-state index contributed by atoms with van der Waals surface area (Å²) in [6.45, 7) is 1.99. The number of aryl methyl sites for hydroxylation is 1. The second kappa shape index (κ2) is 6.41. The van der Waals surface area contributed by atoms with E-state index in [1.165, 1.54) is 16.2 Å². The number of carbonyl (C=O) groups is 2. The van der Waals surface area contributed by atoms with E-state index in [0.717, 1.165) is 30.4 Å². The average molecular weight is 370 g/mol. The summed E-state index contributed by atoms with van der Waals surface area (Å²) in [7, 11) is 2.10. The Morgan fingerprint density at radius 2 is 1.92 bits per heavy atom. The van der Waals surface area contributed by atoms with Crippen LogP contribution in [-0.2, 0) is 6.42 Å². The van der Waals surface area contributed by atoms with Crippen LogP contribution >= 0.6 is 11.3 Å². The van der Waals surface area contributed by atoms with E-state index in [4.69, 9.17) is 5.73 Å². The number of rotatable bonds is 3. The first kappa shape index (κ1) is 17.1. The number of fused-ring (bicyclic) bond motifs is 4. The molecule has 2 unspecified atom stereocenters. The van der Waals surface area contributed by atoms with Crippen molar-refractivity contribution in [3.63, 3.8) is 0 Å². The quantitative estimate of drug-likeness (QED) is 0.773. The van der Waals surface area contributed by atoms with Crippen LogP contribution in [0.25, 0.3) is 0 Å². The molecular weight excluding hydrogens is 348 g/mol. The van der Waals surface area contributed by atoms with Crippen LogP contribution in [-0.4, -0.2) is 29.9 Å². The maximum absolute atomic E-state index is 12.4. The second-order valence-corrected chi connectivity index (χ2v) is 8.17. The van der Waals surface area contributed by atoms with Crippen LogP contribution in [0.1, 0.15) is 45.2 Å². The molecule has 6 nitrogen and oxygen atoms in total. The number of carbonyl (C=O) groups excluding carboxylic acids is 2. The Kier molecular flexibility index (Phi) is 4.20. The molecule has 26 heavy (non-hydrogen) atoms. The Morgan fingerprint density at radius 3 is 2.62 bits per heavy atom. The molecule has 3 heterocycles. The highest BCUT2D eigenvalue weighted by Crippen LogP contribution is 2.49. The van der Waals surface area contributed by atoms with Crippen molar-refractivity contribution < 1.29 is 9.59 Å². The van der Waals surface area contributed by atoms with E-state index < -0.39 is 5.91 Å². The van der Waals surface area contributed by atoms with E-state index in [-0.39, 0.29) is 12.1 Å². The molecule has 3 amide bonds. The molecule has 2 bridgehead atoms. The van der Waals surface area contributed by atoms with Crippen LogP contribution in [0, 0.1) is 6.92 Å². The predicted octanol–water partition coefficient (Wildman–Crippen LogP) is 3.49. The lowest BCUT2D eigenvalue weighted by molar-refractivity contribution is 0.0997. The van der Waals surface area contributed by atoms with E-state index in [1.807, 2.05) is 31.2 Å². The number of likely N-dealkylation sites (N-methyl/N-ethyl adjacent to an activating group) is 1. The summed E-state index contributed by atoms with van der Waals surface area (Å²) in [5.74, 6) is -0.480. The number of anilines is 2. The first-order valence-electron chi connectivity index (χ1n) is 8.76. The van der Waals surface area contributed by atoms with Crippen LogP contribution < -0.4 is 16.4 Å². The maximum atomic E-state index is 12.4. The van der Waals surface area contributed by atoms with Gasteiger partial charge in [-0.15, -0.1) is 11.3 Å². The van der Waals surface area contributed by atoms with Gasteiger partial charge in [0.05, 0.1) is 5.56 Å². The van der Waals surface area contributed by atoms with Crippen molar-refractivity contribution in [1.82, 2.24) is 4.90 Å². The van der Waals surface area contributed by atoms with Crippen molar-refractivity contribution in [2.45, 2.75) is 38.3 Å². The molecule has 1 fully saturated rings. The minimum atomic E-state index is -0.480.